The molecular formula is C50H41BBr2N4O2S2. The first-order valence-corrected chi connectivity index (χ1v) is 21.6. The average Bonchev–Trinajstić information content (AvgIpc) is 4.01. The summed E-state index contributed by atoms with van der Waals surface area (Å²) in [6.07, 6.45) is 0. The normalized spacial score (nSPS) is 10.4. The molecular weight excluding hydrogens is 923 g/mol. The molecule has 6 nitrogen and oxygen atoms in total. The summed E-state index contributed by atoms with van der Waals surface area (Å²) >= 11 is 9.28. The second-order valence-electron chi connectivity index (χ2n) is 13.3. The summed E-state index contributed by atoms with van der Waals surface area (Å²) in [5.41, 5.74) is 15.5. The second-order valence-corrected chi connectivity index (χ2v) is 16.0. The van der Waals surface area contributed by atoms with Crippen molar-refractivity contribution in [2.75, 3.05) is 0 Å². The van der Waals surface area contributed by atoms with E-state index in [0.29, 0.717) is 5.46 Å². The van der Waals surface area contributed by atoms with Crippen LogP contribution >= 0.6 is 55.3 Å². The maximum absolute atomic E-state index is 9.22. The van der Waals surface area contributed by atoms with Crippen LogP contribution in [0, 0.1) is 0 Å². The maximum atomic E-state index is 9.22. The van der Waals surface area contributed by atoms with Gasteiger partial charge in [-0.15, -0.1) is 0 Å². The molecule has 0 saturated carbocycles. The highest BCUT2D eigenvalue weighted by molar-refractivity contribution is 9.11. The summed E-state index contributed by atoms with van der Waals surface area (Å²) in [6, 6.07) is 63.3. The van der Waals surface area contributed by atoms with Crippen molar-refractivity contribution in [1.29, 1.82) is 0 Å². The Morgan fingerprint density at radius 2 is 0.639 bits per heavy atom. The lowest BCUT2D eigenvalue weighted by atomic mass is 9.75. The summed E-state index contributed by atoms with van der Waals surface area (Å²) in [5, 5.41) is 18.4. The minimum Gasteiger partial charge on any atom is -0.423 e. The molecule has 302 valence electrons. The molecule has 8 aromatic carbocycles. The Hall–Kier alpha value is -5.66. The van der Waals surface area contributed by atoms with Gasteiger partial charge in [-0.25, -0.2) is 0 Å². The number of hydrogen-bond acceptors (Lipinski definition) is 8. The molecule has 2 aromatic heterocycles. The lowest BCUT2D eigenvalue weighted by molar-refractivity contribution is 0.426. The largest absolute Gasteiger partial charge is 0.489 e. The molecule has 0 saturated heterocycles. The maximum Gasteiger partial charge on any atom is 0.489 e. The summed E-state index contributed by atoms with van der Waals surface area (Å²) in [5.74, 6) is 0. The van der Waals surface area contributed by atoms with Gasteiger partial charge in [-0.1, -0.05) is 191 Å². The van der Waals surface area contributed by atoms with Gasteiger partial charge in [0.25, 0.3) is 0 Å². The zero-order chi connectivity index (χ0) is 40.6. The minimum atomic E-state index is -1.43. The molecule has 0 aliphatic rings. The Balaban J connectivity index is 0.000000183. The summed E-state index contributed by atoms with van der Waals surface area (Å²) in [7, 11) is -1.43. The number of rotatable bonds is 6. The average molecular weight is 965 g/mol. The SMILES string of the molecule is Brc1ccc(Br)c2nsnc12.C.C.OB(O)c1ccccc1-c1ccccc1.c1ccc(-c2ccccc2-c2ccc(-c3ccccc3-c3ccccc3)c3nsnc23)cc1. The first-order valence-electron chi connectivity index (χ1n) is 18.6. The van der Waals surface area contributed by atoms with E-state index in [4.69, 9.17) is 8.75 Å². The van der Waals surface area contributed by atoms with Gasteiger partial charge < -0.3 is 10.0 Å². The van der Waals surface area contributed by atoms with Gasteiger partial charge in [0.1, 0.15) is 22.1 Å². The fraction of sp³-hybridized carbons (Fsp3) is 0.0400. The number of fused-ring (bicyclic) bond motifs is 2. The van der Waals surface area contributed by atoms with E-state index in [-0.39, 0.29) is 14.9 Å². The third-order valence-corrected chi connectivity index (χ3v) is 12.0. The van der Waals surface area contributed by atoms with Gasteiger partial charge in [-0.2, -0.15) is 17.5 Å². The molecule has 0 atom stereocenters. The Bertz CT molecular complexity index is 2810. The molecule has 0 spiro atoms. The number of benzene rings is 8. The van der Waals surface area contributed by atoms with Crippen LogP contribution in [0.15, 0.2) is 197 Å². The fourth-order valence-electron chi connectivity index (χ4n) is 6.88. The van der Waals surface area contributed by atoms with Gasteiger partial charge in [0.2, 0.25) is 0 Å². The van der Waals surface area contributed by atoms with Crippen LogP contribution in [0.2, 0.25) is 0 Å². The molecule has 0 aliphatic heterocycles. The van der Waals surface area contributed by atoms with Crippen LogP contribution in [0.5, 0.6) is 0 Å². The van der Waals surface area contributed by atoms with Crippen molar-refractivity contribution in [3.8, 4) is 55.6 Å². The molecule has 0 radical (unpaired) electrons. The summed E-state index contributed by atoms with van der Waals surface area (Å²) in [4.78, 5) is 0. The van der Waals surface area contributed by atoms with Crippen molar-refractivity contribution in [3.05, 3.63) is 197 Å². The van der Waals surface area contributed by atoms with Gasteiger partial charge in [-0.05, 0) is 94.0 Å². The van der Waals surface area contributed by atoms with Crippen molar-refractivity contribution in [2.45, 2.75) is 14.9 Å². The smallest absolute Gasteiger partial charge is 0.423 e. The van der Waals surface area contributed by atoms with Crippen LogP contribution in [-0.4, -0.2) is 34.7 Å². The molecule has 2 heterocycles. The van der Waals surface area contributed by atoms with Crippen LogP contribution in [0.4, 0.5) is 0 Å². The molecule has 11 heteroatoms. The van der Waals surface area contributed by atoms with E-state index >= 15 is 0 Å². The van der Waals surface area contributed by atoms with Crippen LogP contribution in [-0.2, 0) is 0 Å². The van der Waals surface area contributed by atoms with Crippen molar-refractivity contribution >= 4 is 90.0 Å². The predicted octanol–water partition coefficient (Wildman–Crippen LogP) is 13.9. The standard InChI is InChI=1S/C30H20N2S.C12H11BO2.C6H2Br2N2S.2CH4/c1-3-11-21(12-4-1)23-15-7-9-17-25(23)27-19-20-28(30-29(27)31-33-32-30)26-18-10-8-16-24(26)22-13-5-2-6-14-22;14-13(15)12-9-5-4-8-11(12)10-6-2-1-3-7-10;7-3-1-2-4(8)6-5(3)9-11-10-6;;/h1-20H;1-9,14-15H;1-2H;2*1H4. The van der Waals surface area contributed by atoms with Crippen LogP contribution in [0.3, 0.4) is 0 Å². The van der Waals surface area contributed by atoms with Gasteiger partial charge in [0, 0.05) is 20.1 Å². The van der Waals surface area contributed by atoms with Crippen LogP contribution in [0.25, 0.3) is 77.7 Å². The van der Waals surface area contributed by atoms with Gasteiger partial charge in [0.05, 0.1) is 23.5 Å². The van der Waals surface area contributed by atoms with Gasteiger partial charge in [0.15, 0.2) is 0 Å². The molecule has 0 fully saturated rings. The highest BCUT2D eigenvalue weighted by Crippen LogP contribution is 2.41. The van der Waals surface area contributed by atoms with Crippen molar-refractivity contribution in [1.82, 2.24) is 17.5 Å². The zero-order valence-corrected chi connectivity index (χ0v) is 36.0. The molecule has 10 aromatic rings. The fourth-order valence-corrected chi connectivity index (χ4v) is 9.08. The van der Waals surface area contributed by atoms with Crippen molar-refractivity contribution in [2.24, 2.45) is 0 Å². The van der Waals surface area contributed by atoms with Gasteiger partial charge in [-0.3, -0.25) is 0 Å². The lowest BCUT2D eigenvalue weighted by Crippen LogP contribution is -2.31. The van der Waals surface area contributed by atoms with E-state index < -0.39 is 7.12 Å². The molecule has 0 unspecified atom stereocenters. The molecule has 0 bridgehead atoms. The van der Waals surface area contributed by atoms with E-state index in [1.807, 2.05) is 66.7 Å². The third-order valence-electron chi connectivity index (χ3n) is 9.66. The Morgan fingerprint density at radius 1 is 0.328 bits per heavy atom. The van der Waals surface area contributed by atoms with Gasteiger partial charge >= 0.3 is 7.12 Å². The van der Waals surface area contributed by atoms with E-state index in [2.05, 4.69) is 150 Å². The monoisotopic (exact) mass is 962 g/mol. The van der Waals surface area contributed by atoms with E-state index in [1.54, 1.807) is 12.1 Å². The molecule has 10 rings (SSSR count). The lowest BCUT2D eigenvalue weighted by Gasteiger charge is -2.14. The third kappa shape index (κ3) is 10.1. The Kier molecular flexibility index (Phi) is 15.6. The number of aromatic nitrogens is 4. The molecule has 2 N–H and O–H groups in total. The van der Waals surface area contributed by atoms with E-state index in [9.17, 15) is 10.0 Å². The first-order chi connectivity index (χ1) is 29.0. The van der Waals surface area contributed by atoms with E-state index in [1.165, 1.54) is 56.8 Å². The quantitative estimate of drug-likeness (QED) is 0.161. The summed E-state index contributed by atoms with van der Waals surface area (Å²) < 4.78 is 19.7. The molecule has 0 amide bonds. The predicted molar refractivity (Wildman–Crippen MR) is 267 cm³/mol. The van der Waals surface area contributed by atoms with Crippen LogP contribution in [0.1, 0.15) is 14.9 Å². The number of halogens is 2. The first kappa shape index (κ1) is 44.9. The highest BCUT2D eigenvalue weighted by atomic mass is 79.9. The zero-order valence-electron chi connectivity index (χ0n) is 31.2. The van der Waals surface area contributed by atoms with E-state index in [0.717, 1.165) is 53.3 Å². The minimum absolute atomic E-state index is 0. The number of hydrogen-bond donors (Lipinski definition) is 2. The van der Waals surface area contributed by atoms with Crippen LogP contribution < -0.4 is 5.46 Å². The van der Waals surface area contributed by atoms with Crippen molar-refractivity contribution < 1.29 is 10.0 Å². The molecule has 61 heavy (non-hydrogen) atoms. The van der Waals surface area contributed by atoms with Crippen molar-refractivity contribution in [3.63, 3.8) is 0 Å². The highest BCUT2D eigenvalue weighted by Gasteiger charge is 2.18. The Morgan fingerprint density at radius 3 is 1.03 bits per heavy atom. The number of nitrogens with zero attached hydrogens (tertiary/aromatic N) is 4. The molecule has 0 aliphatic carbocycles. The topological polar surface area (TPSA) is 92.0 Å². The second kappa shape index (κ2) is 21.2. The Labute approximate surface area is 382 Å². The summed E-state index contributed by atoms with van der Waals surface area (Å²) in [6.45, 7) is 0.